The van der Waals surface area contributed by atoms with Crippen LogP contribution in [0, 0.1) is 6.42 Å². The predicted molar refractivity (Wildman–Crippen MR) is 52.8 cm³/mol. The summed E-state index contributed by atoms with van der Waals surface area (Å²) in [5.41, 5.74) is 0.687. The first-order valence-corrected chi connectivity index (χ1v) is 4.95. The standard InChI is InChI=1S/C7H6BrN6/c8-5-4-9-6(13-2-1-3-13)7-10-11-12-14(5)7/h1,4H,2-3H2. The first-order chi connectivity index (χ1) is 6.86. The Morgan fingerprint density at radius 1 is 1.36 bits per heavy atom. The van der Waals surface area contributed by atoms with E-state index in [2.05, 4.69) is 47.8 Å². The van der Waals surface area contributed by atoms with Crippen LogP contribution < -0.4 is 4.90 Å². The van der Waals surface area contributed by atoms with Crippen LogP contribution in [-0.4, -0.2) is 38.1 Å². The molecule has 1 aliphatic heterocycles. The lowest BCUT2D eigenvalue weighted by Gasteiger charge is -2.31. The van der Waals surface area contributed by atoms with Gasteiger partial charge in [0.15, 0.2) is 5.82 Å². The van der Waals surface area contributed by atoms with Crippen molar-refractivity contribution in [3.63, 3.8) is 0 Å². The van der Waals surface area contributed by atoms with E-state index in [1.165, 1.54) is 0 Å². The van der Waals surface area contributed by atoms with Crippen LogP contribution in [-0.2, 0) is 0 Å². The quantitative estimate of drug-likeness (QED) is 0.732. The summed E-state index contributed by atoms with van der Waals surface area (Å²) in [5, 5.41) is 11.4. The van der Waals surface area contributed by atoms with E-state index in [0.29, 0.717) is 5.65 Å². The molecule has 0 atom stereocenters. The predicted octanol–water partition coefficient (Wildman–Crippen LogP) is 0.306. The van der Waals surface area contributed by atoms with Gasteiger partial charge in [0.05, 0.1) is 6.20 Å². The normalized spacial score (nSPS) is 15.9. The first kappa shape index (κ1) is 8.10. The third-order valence-electron chi connectivity index (χ3n) is 2.16. The Bertz CT molecular complexity index is 476. The number of aromatic nitrogens is 5. The number of fused-ring (bicyclic) bond motifs is 1. The minimum absolute atomic E-state index is 0.687. The number of halogens is 1. The van der Waals surface area contributed by atoms with Crippen molar-refractivity contribution in [2.24, 2.45) is 0 Å². The van der Waals surface area contributed by atoms with E-state index < -0.39 is 0 Å². The molecule has 71 valence electrons. The van der Waals surface area contributed by atoms with Gasteiger partial charge in [-0.25, -0.2) is 4.98 Å². The van der Waals surface area contributed by atoms with Gasteiger partial charge in [-0.2, -0.15) is 4.52 Å². The Labute approximate surface area is 88.0 Å². The van der Waals surface area contributed by atoms with Gasteiger partial charge in [-0.3, -0.25) is 0 Å². The summed E-state index contributed by atoms with van der Waals surface area (Å²) in [4.78, 5) is 6.41. The van der Waals surface area contributed by atoms with Crippen molar-refractivity contribution in [3.8, 4) is 0 Å². The minimum Gasteiger partial charge on any atom is -0.353 e. The molecular formula is C7H6BrN6. The highest BCUT2D eigenvalue weighted by atomic mass is 79.9. The number of tetrazole rings is 1. The second-order valence-electron chi connectivity index (χ2n) is 3.01. The van der Waals surface area contributed by atoms with Crippen LogP contribution in [0.2, 0.25) is 0 Å². The Kier molecular flexibility index (Phi) is 1.66. The molecule has 0 N–H and O–H groups in total. The van der Waals surface area contributed by atoms with Gasteiger partial charge < -0.3 is 4.90 Å². The minimum atomic E-state index is 0.687. The Morgan fingerprint density at radius 2 is 2.21 bits per heavy atom. The van der Waals surface area contributed by atoms with Gasteiger partial charge in [0, 0.05) is 19.5 Å². The number of hydrogen-bond donors (Lipinski definition) is 0. The summed E-state index contributed by atoms with van der Waals surface area (Å²) < 4.78 is 2.38. The van der Waals surface area contributed by atoms with Gasteiger partial charge in [0.25, 0.3) is 0 Å². The summed E-state index contributed by atoms with van der Waals surface area (Å²) in [6, 6.07) is 0. The SMILES string of the molecule is Brc1cnc(N2C[CH]C2)c2nnnn12. The van der Waals surface area contributed by atoms with Gasteiger partial charge in [-0.15, -0.1) is 5.10 Å². The lowest BCUT2D eigenvalue weighted by molar-refractivity contribution is 0.743. The topological polar surface area (TPSA) is 59.2 Å². The molecule has 1 aliphatic rings. The van der Waals surface area contributed by atoms with Crippen LogP contribution in [0.5, 0.6) is 0 Å². The average Bonchev–Trinajstić information content (AvgIpc) is 2.55. The molecule has 1 radical (unpaired) electrons. The third kappa shape index (κ3) is 1.02. The second kappa shape index (κ2) is 2.88. The molecule has 2 aromatic heterocycles. The molecule has 3 heterocycles. The van der Waals surface area contributed by atoms with Crippen molar-refractivity contribution in [2.75, 3.05) is 18.0 Å². The smallest absolute Gasteiger partial charge is 0.223 e. The molecule has 7 heteroatoms. The number of hydrogen-bond acceptors (Lipinski definition) is 5. The summed E-state index contributed by atoms with van der Waals surface area (Å²) in [6.45, 7) is 1.83. The lowest BCUT2D eigenvalue weighted by atomic mass is 10.2. The van der Waals surface area contributed by atoms with Gasteiger partial charge in [-0.1, -0.05) is 0 Å². The molecule has 2 aromatic rings. The molecule has 0 amide bonds. The van der Waals surface area contributed by atoms with Crippen molar-refractivity contribution in [1.82, 2.24) is 25.0 Å². The molecule has 0 saturated carbocycles. The van der Waals surface area contributed by atoms with Gasteiger partial charge in [-0.05, 0) is 26.4 Å². The largest absolute Gasteiger partial charge is 0.353 e. The number of nitrogens with zero attached hydrogens (tertiary/aromatic N) is 6. The molecule has 0 aliphatic carbocycles. The molecular weight excluding hydrogens is 248 g/mol. The molecule has 6 nitrogen and oxygen atoms in total. The highest BCUT2D eigenvalue weighted by Gasteiger charge is 2.21. The second-order valence-corrected chi connectivity index (χ2v) is 3.82. The molecule has 14 heavy (non-hydrogen) atoms. The molecule has 1 saturated heterocycles. The fourth-order valence-electron chi connectivity index (χ4n) is 1.35. The van der Waals surface area contributed by atoms with Crippen LogP contribution in [0.3, 0.4) is 0 Å². The molecule has 0 aromatic carbocycles. The first-order valence-electron chi connectivity index (χ1n) is 4.15. The van der Waals surface area contributed by atoms with E-state index in [9.17, 15) is 0 Å². The Balaban J connectivity index is 2.23. The molecule has 3 rings (SSSR count). The Hall–Kier alpha value is -1.24. The molecule has 0 spiro atoms. The van der Waals surface area contributed by atoms with E-state index in [1.807, 2.05) is 0 Å². The zero-order valence-electron chi connectivity index (χ0n) is 7.13. The third-order valence-corrected chi connectivity index (χ3v) is 2.70. The van der Waals surface area contributed by atoms with Crippen molar-refractivity contribution < 1.29 is 0 Å². The van der Waals surface area contributed by atoms with Crippen molar-refractivity contribution >= 4 is 27.4 Å². The van der Waals surface area contributed by atoms with E-state index >= 15 is 0 Å². The monoisotopic (exact) mass is 253 g/mol. The van der Waals surface area contributed by atoms with Gasteiger partial charge in [0.1, 0.15) is 4.60 Å². The zero-order chi connectivity index (χ0) is 9.54. The van der Waals surface area contributed by atoms with Crippen molar-refractivity contribution in [3.05, 3.63) is 17.2 Å². The number of rotatable bonds is 1. The maximum absolute atomic E-state index is 4.30. The average molecular weight is 254 g/mol. The van der Waals surface area contributed by atoms with E-state index in [4.69, 9.17) is 0 Å². The molecule has 0 unspecified atom stereocenters. The summed E-state index contributed by atoms with van der Waals surface area (Å²) in [6.07, 6.45) is 3.88. The molecule has 1 fully saturated rings. The summed E-state index contributed by atoms with van der Waals surface area (Å²) in [7, 11) is 0. The van der Waals surface area contributed by atoms with Crippen molar-refractivity contribution in [2.45, 2.75) is 0 Å². The highest BCUT2D eigenvalue weighted by Crippen LogP contribution is 2.22. The number of anilines is 1. The van der Waals surface area contributed by atoms with E-state index in [-0.39, 0.29) is 0 Å². The van der Waals surface area contributed by atoms with Gasteiger partial charge >= 0.3 is 0 Å². The summed E-state index contributed by atoms with van der Waals surface area (Å²) >= 11 is 3.33. The maximum Gasteiger partial charge on any atom is 0.223 e. The van der Waals surface area contributed by atoms with Crippen molar-refractivity contribution in [1.29, 1.82) is 0 Å². The fraction of sp³-hybridized carbons (Fsp3) is 0.286. The Morgan fingerprint density at radius 3 is 2.93 bits per heavy atom. The van der Waals surface area contributed by atoms with E-state index in [1.54, 1.807) is 10.7 Å². The maximum atomic E-state index is 4.30. The van der Waals surface area contributed by atoms with Crippen LogP contribution >= 0.6 is 15.9 Å². The van der Waals surface area contributed by atoms with Gasteiger partial charge in [0.2, 0.25) is 5.65 Å². The zero-order valence-corrected chi connectivity index (χ0v) is 8.72. The summed E-state index contributed by atoms with van der Waals surface area (Å²) in [5.74, 6) is 0.834. The van der Waals surface area contributed by atoms with Crippen LogP contribution in [0.25, 0.3) is 5.65 Å². The highest BCUT2D eigenvalue weighted by molar-refractivity contribution is 9.10. The van der Waals surface area contributed by atoms with Crippen LogP contribution in [0.4, 0.5) is 5.82 Å². The lowest BCUT2D eigenvalue weighted by Crippen LogP contribution is -2.38. The van der Waals surface area contributed by atoms with E-state index in [0.717, 1.165) is 23.5 Å². The fourth-order valence-corrected chi connectivity index (χ4v) is 1.69. The van der Waals surface area contributed by atoms with Crippen LogP contribution in [0.1, 0.15) is 0 Å². The van der Waals surface area contributed by atoms with Crippen LogP contribution in [0.15, 0.2) is 10.8 Å². The molecule has 0 bridgehead atoms.